The van der Waals surface area contributed by atoms with E-state index < -0.39 is 17.7 Å². The summed E-state index contributed by atoms with van der Waals surface area (Å²) in [6, 6.07) is 5.15. The lowest BCUT2D eigenvalue weighted by Crippen LogP contribution is -2.27. The van der Waals surface area contributed by atoms with Crippen molar-refractivity contribution in [1.29, 1.82) is 0 Å². The van der Waals surface area contributed by atoms with Crippen LogP contribution in [0, 0.1) is 5.92 Å². The number of carboxylic acids is 1. The molecule has 2 rings (SSSR count). The van der Waals surface area contributed by atoms with Crippen molar-refractivity contribution in [2.24, 2.45) is 5.92 Å². The van der Waals surface area contributed by atoms with Crippen molar-refractivity contribution >= 4 is 29.4 Å². The number of amides is 1. The number of benzene rings is 1. The number of aliphatic carboxylic acids is 1. The summed E-state index contributed by atoms with van der Waals surface area (Å²) >= 11 is 6.05. The molecule has 21 heavy (non-hydrogen) atoms. The Labute approximate surface area is 128 Å². The zero-order chi connectivity index (χ0) is 15.8. The van der Waals surface area contributed by atoms with E-state index in [1.54, 1.807) is 39.0 Å². The summed E-state index contributed by atoms with van der Waals surface area (Å²) < 4.78 is 5.17. The first-order valence-corrected chi connectivity index (χ1v) is 7.07. The van der Waals surface area contributed by atoms with Gasteiger partial charge in [0.15, 0.2) is 0 Å². The van der Waals surface area contributed by atoms with E-state index in [-0.39, 0.29) is 11.8 Å². The molecule has 0 spiro atoms. The van der Waals surface area contributed by atoms with Crippen LogP contribution in [0.4, 0.5) is 10.5 Å². The lowest BCUT2D eigenvalue weighted by atomic mass is 10.1. The second-order valence-corrected chi connectivity index (χ2v) is 6.56. The Hall–Kier alpha value is -1.75. The van der Waals surface area contributed by atoms with Gasteiger partial charge in [0.1, 0.15) is 5.60 Å². The molecule has 5 nitrogen and oxygen atoms in total. The molecule has 1 aromatic carbocycles. The van der Waals surface area contributed by atoms with Gasteiger partial charge in [-0.1, -0.05) is 17.7 Å². The smallest absolute Gasteiger partial charge is 0.412 e. The Morgan fingerprint density at radius 2 is 2.05 bits per heavy atom. The molecular weight excluding hydrogens is 294 g/mol. The number of nitrogens with one attached hydrogen (secondary N) is 1. The number of hydrogen-bond donors (Lipinski definition) is 2. The molecule has 0 aromatic heterocycles. The minimum Gasteiger partial charge on any atom is -0.481 e. The van der Waals surface area contributed by atoms with E-state index >= 15 is 0 Å². The molecule has 0 heterocycles. The highest BCUT2D eigenvalue weighted by Crippen LogP contribution is 2.48. The van der Waals surface area contributed by atoms with Crippen LogP contribution >= 0.6 is 11.6 Å². The summed E-state index contributed by atoms with van der Waals surface area (Å²) in [5, 5.41) is 11.9. The van der Waals surface area contributed by atoms with E-state index in [1.807, 2.05) is 0 Å². The fraction of sp³-hybridized carbons (Fsp3) is 0.467. The predicted molar refractivity (Wildman–Crippen MR) is 79.8 cm³/mol. The second-order valence-electron chi connectivity index (χ2n) is 6.15. The quantitative estimate of drug-likeness (QED) is 0.888. The summed E-state index contributed by atoms with van der Waals surface area (Å²) in [6.45, 7) is 5.31. The maximum absolute atomic E-state index is 11.8. The summed E-state index contributed by atoms with van der Waals surface area (Å²) in [4.78, 5) is 22.7. The van der Waals surface area contributed by atoms with E-state index in [0.29, 0.717) is 17.1 Å². The average Bonchev–Trinajstić information content (AvgIpc) is 3.09. The number of carboxylic acid groups (broad SMARTS) is 1. The molecule has 2 atom stereocenters. The molecule has 1 fully saturated rings. The molecule has 1 saturated carbocycles. The molecule has 1 aliphatic rings. The third kappa shape index (κ3) is 4.11. The molecule has 2 N–H and O–H groups in total. The highest BCUT2D eigenvalue weighted by molar-refractivity contribution is 6.33. The van der Waals surface area contributed by atoms with Gasteiger partial charge in [0.25, 0.3) is 0 Å². The van der Waals surface area contributed by atoms with E-state index in [9.17, 15) is 9.59 Å². The summed E-state index contributed by atoms with van der Waals surface area (Å²) in [5.74, 6) is -1.16. The molecule has 1 aliphatic carbocycles. The molecule has 114 valence electrons. The number of anilines is 1. The van der Waals surface area contributed by atoms with Crippen molar-refractivity contribution in [3.05, 3.63) is 28.8 Å². The van der Waals surface area contributed by atoms with Gasteiger partial charge in [-0.05, 0) is 50.8 Å². The number of carbonyl (C=O) groups is 2. The molecule has 0 aliphatic heterocycles. The fourth-order valence-corrected chi connectivity index (χ4v) is 2.28. The second kappa shape index (κ2) is 5.56. The van der Waals surface area contributed by atoms with Gasteiger partial charge in [0, 0.05) is 0 Å². The van der Waals surface area contributed by atoms with Gasteiger partial charge >= 0.3 is 12.1 Å². The van der Waals surface area contributed by atoms with Crippen LogP contribution in [-0.4, -0.2) is 22.8 Å². The maximum Gasteiger partial charge on any atom is 0.412 e. The van der Waals surface area contributed by atoms with Crippen LogP contribution in [0.2, 0.25) is 5.02 Å². The summed E-state index contributed by atoms with van der Waals surface area (Å²) in [6.07, 6.45) is 0.0233. The highest BCUT2D eigenvalue weighted by Gasteiger charge is 2.44. The standard InChI is InChI=1S/C15H18ClNO4/c1-15(2,3)21-14(20)17-12-6-8(4-5-11(12)16)9-7-10(9)13(18)19/h4-6,9-10H,7H2,1-3H3,(H,17,20)(H,18,19). The zero-order valence-corrected chi connectivity index (χ0v) is 12.9. The van der Waals surface area contributed by atoms with Gasteiger partial charge in [-0.2, -0.15) is 0 Å². The van der Waals surface area contributed by atoms with Crippen molar-refractivity contribution in [2.75, 3.05) is 5.32 Å². The maximum atomic E-state index is 11.8. The third-order valence-corrected chi connectivity index (χ3v) is 3.49. The first-order chi connectivity index (χ1) is 9.67. The molecule has 2 unspecified atom stereocenters. The number of halogens is 1. The Morgan fingerprint density at radius 1 is 1.38 bits per heavy atom. The molecule has 0 bridgehead atoms. The van der Waals surface area contributed by atoms with E-state index in [2.05, 4.69) is 5.32 Å². The first kappa shape index (κ1) is 15.6. The largest absolute Gasteiger partial charge is 0.481 e. The Balaban J connectivity index is 2.10. The fourth-order valence-electron chi connectivity index (χ4n) is 2.12. The van der Waals surface area contributed by atoms with Gasteiger partial charge in [-0.15, -0.1) is 0 Å². The van der Waals surface area contributed by atoms with Crippen molar-refractivity contribution < 1.29 is 19.4 Å². The van der Waals surface area contributed by atoms with Crippen molar-refractivity contribution in [3.8, 4) is 0 Å². The summed E-state index contributed by atoms with van der Waals surface area (Å²) in [5.41, 5.74) is 0.691. The molecule has 0 radical (unpaired) electrons. The van der Waals surface area contributed by atoms with Crippen LogP contribution < -0.4 is 5.32 Å². The third-order valence-electron chi connectivity index (χ3n) is 3.16. The number of hydrogen-bond acceptors (Lipinski definition) is 3. The van der Waals surface area contributed by atoms with E-state index in [4.69, 9.17) is 21.4 Å². The van der Waals surface area contributed by atoms with Gasteiger partial charge < -0.3 is 9.84 Å². The lowest BCUT2D eigenvalue weighted by molar-refractivity contribution is -0.138. The minimum absolute atomic E-state index is 0.0149. The molecule has 0 saturated heterocycles. The van der Waals surface area contributed by atoms with Gasteiger partial charge in [0.05, 0.1) is 16.6 Å². The van der Waals surface area contributed by atoms with Crippen LogP contribution in [0.25, 0.3) is 0 Å². The van der Waals surface area contributed by atoms with Crippen molar-refractivity contribution in [1.82, 2.24) is 0 Å². The van der Waals surface area contributed by atoms with Crippen molar-refractivity contribution in [3.63, 3.8) is 0 Å². The van der Waals surface area contributed by atoms with E-state index in [1.165, 1.54) is 0 Å². The van der Waals surface area contributed by atoms with Crippen molar-refractivity contribution in [2.45, 2.75) is 38.7 Å². The van der Waals surface area contributed by atoms with Gasteiger partial charge in [-0.25, -0.2) is 4.79 Å². The van der Waals surface area contributed by atoms with Crippen LogP contribution in [-0.2, 0) is 9.53 Å². The van der Waals surface area contributed by atoms with Crippen LogP contribution in [0.1, 0.15) is 38.7 Å². The average molecular weight is 312 g/mol. The molecule has 1 aromatic rings. The van der Waals surface area contributed by atoms with Gasteiger partial charge in [-0.3, -0.25) is 10.1 Å². The molecule has 1 amide bonds. The number of rotatable bonds is 3. The van der Waals surface area contributed by atoms with Gasteiger partial charge in [0.2, 0.25) is 0 Å². The Kier molecular flexibility index (Phi) is 4.14. The van der Waals surface area contributed by atoms with Crippen LogP contribution in [0.15, 0.2) is 18.2 Å². The molecule has 6 heteroatoms. The Bertz CT molecular complexity index is 580. The topological polar surface area (TPSA) is 75.6 Å². The predicted octanol–water partition coefficient (Wildman–Crippen LogP) is 3.88. The van der Waals surface area contributed by atoms with Crippen LogP contribution in [0.5, 0.6) is 0 Å². The number of carbonyl (C=O) groups excluding carboxylic acids is 1. The molecular formula is C15H18ClNO4. The van der Waals surface area contributed by atoms with E-state index in [0.717, 1.165) is 5.56 Å². The Morgan fingerprint density at radius 3 is 2.57 bits per heavy atom. The number of ether oxygens (including phenoxy) is 1. The minimum atomic E-state index is -0.795. The van der Waals surface area contributed by atoms with Crippen LogP contribution in [0.3, 0.4) is 0 Å². The SMILES string of the molecule is CC(C)(C)OC(=O)Nc1cc(C2CC2C(=O)O)ccc1Cl. The summed E-state index contributed by atoms with van der Waals surface area (Å²) in [7, 11) is 0. The normalized spacial score (nSPS) is 20.8. The lowest BCUT2D eigenvalue weighted by Gasteiger charge is -2.20. The first-order valence-electron chi connectivity index (χ1n) is 6.69. The highest BCUT2D eigenvalue weighted by atomic mass is 35.5. The monoisotopic (exact) mass is 311 g/mol. The zero-order valence-electron chi connectivity index (χ0n) is 12.1.